The number of allylic oxidation sites excluding steroid dienone is 1. The van der Waals surface area contributed by atoms with E-state index in [1.807, 2.05) is 5.10 Å². The van der Waals surface area contributed by atoms with Gasteiger partial charge in [-0.25, -0.2) is 0 Å². The number of benzene rings is 1. The maximum Gasteiger partial charge on any atom is 0.433 e. The van der Waals surface area contributed by atoms with E-state index in [2.05, 4.69) is 5.10 Å². The van der Waals surface area contributed by atoms with Crippen LogP contribution in [-0.4, -0.2) is 10.2 Å². The van der Waals surface area contributed by atoms with Crippen molar-refractivity contribution in [2.45, 2.75) is 12.1 Å². The van der Waals surface area contributed by atoms with Gasteiger partial charge in [0.25, 0.3) is 0 Å². The summed E-state index contributed by atoms with van der Waals surface area (Å²) in [6, 6.07) is 8.08. The molecule has 9 heteroatoms. The van der Waals surface area contributed by atoms with E-state index in [0.29, 0.717) is 5.56 Å². The fourth-order valence-corrected chi connectivity index (χ4v) is 2.73. The lowest BCUT2D eigenvalue weighted by Gasteiger charge is -2.25. The largest absolute Gasteiger partial charge is 0.433 e. The van der Waals surface area contributed by atoms with Crippen molar-refractivity contribution >= 4 is 11.6 Å². The zero-order valence-corrected chi connectivity index (χ0v) is 12.0. The zero-order valence-electron chi connectivity index (χ0n) is 11.3. The van der Waals surface area contributed by atoms with Crippen molar-refractivity contribution in [3.05, 3.63) is 57.6 Å². The van der Waals surface area contributed by atoms with Crippen LogP contribution in [0.5, 0.6) is 5.88 Å². The molecule has 0 amide bonds. The van der Waals surface area contributed by atoms with Gasteiger partial charge in [0.1, 0.15) is 17.3 Å². The number of rotatable bonds is 1. The highest BCUT2D eigenvalue weighted by Gasteiger charge is 2.44. The molecule has 23 heavy (non-hydrogen) atoms. The monoisotopic (exact) mass is 340 g/mol. The van der Waals surface area contributed by atoms with E-state index in [9.17, 15) is 18.4 Å². The highest BCUT2D eigenvalue weighted by molar-refractivity contribution is 6.31. The number of aromatic amines is 1. The molecule has 0 saturated heterocycles. The van der Waals surface area contributed by atoms with Crippen LogP contribution in [0.25, 0.3) is 0 Å². The summed E-state index contributed by atoms with van der Waals surface area (Å²) in [6.07, 6.45) is -4.70. The van der Waals surface area contributed by atoms with E-state index in [1.165, 1.54) is 12.1 Å². The first-order valence-electron chi connectivity index (χ1n) is 6.32. The van der Waals surface area contributed by atoms with Gasteiger partial charge in [0, 0.05) is 5.02 Å². The van der Waals surface area contributed by atoms with Gasteiger partial charge < -0.3 is 10.5 Å². The van der Waals surface area contributed by atoms with Crippen LogP contribution >= 0.6 is 11.6 Å². The van der Waals surface area contributed by atoms with Gasteiger partial charge in [-0.2, -0.15) is 18.4 Å². The smallest absolute Gasteiger partial charge is 0.420 e. The summed E-state index contributed by atoms with van der Waals surface area (Å²) in [5.41, 5.74) is 4.40. The van der Waals surface area contributed by atoms with Crippen LogP contribution < -0.4 is 10.5 Å². The number of nitrogens with two attached hydrogens (primary N) is 1. The Kier molecular flexibility index (Phi) is 3.45. The molecular weight excluding hydrogens is 333 g/mol. The number of halogens is 4. The fraction of sp³-hybridized carbons (Fsp3) is 0.143. The predicted octanol–water partition coefficient (Wildman–Crippen LogP) is 3.30. The molecule has 0 saturated carbocycles. The average Bonchev–Trinajstić information content (AvgIpc) is 2.90. The van der Waals surface area contributed by atoms with Crippen molar-refractivity contribution in [2.24, 2.45) is 5.73 Å². The van der Waals surface area contributed by atoms with Gasteiger partial charge in [0.05, 0.1) is 11.5 Å². The standard InChI is InChI=1S/C14H8ClF3N4O/c15-8-4-2-1-3-6(8)9-7(5-19)12(20)23-13-10(9)11(21-22-13)14(16,17)18/h1-4,9H,20H2,(H,21,22). The molecule has 3 rings (SSSR count). The lowest BCUT2D eigenvalue weighted by molar-refractivity contribution is -0.141. The van der Waals surface area contributed by atoms with Gasteiger partial charge >= 0.3 is 6.18 Å². The Balaban J connectivity index is 2.31. The summed E-state index contributed by atoms with van der Waals surface area (Å²) < 4.78 is 44.8. The molecular formula is C14H8ClF3N4O. The number of alkyl halides is 3. The second kappa shape index (κ2) is 5.21. The van der Waals surface area contributed by atoms with E-state index in [0.717, 1.165) is 0 Å². The second-order valence-electron chi connectivity index (χ2n) is 4.76. The Hall–Kier alpha value is -2.66. The second-order valence-corrected chi connectivity index (χ2v) is 5.17. The summed E-state index contributed by atoms with van der Waals surface area (Å²) in [5, 5.41) is 14.9. The van der Waals surface area contributed by atoms with E-state index in [1.54, 1.807) is 18.2 Å². The molecule has 0 radical (unpaired) electrons. The highest BCUT2D eigenvalue weighted by Crippen LogP contribution is 2.48. The van der Waals surface area contributed by atoms with Gasteiger partial charge in [-0.3, -0.25) is 5.10 Å². The maximum absolute atomic E-state index is 13.2. The topological polar surface area (TPSA) is 87.7 Å². The van der Waals surface area contributed by atoms with E-state index in [-0.39, 0.29) is 27.9 Å². The molecule has 1 unspecified atom stereocenters. The third-order valence-electron chi connectivity index (χ3n) is 3.44. The first kappa shape index (κ1) is 15.2. The van der Waals surface area contributed by atoms with Gasteiger partial charge in [-0.15, -0.1) is 5.10 Å². The molecule has 1 aromatic carbocycles. The summed E-state index contributed by atoms with van der Waals surface area (Å²) in [4.78, 5) is 0. The van der Waals surface area contributed by atoms with E-state index in [4.69, 9.17) is 22.1 Å². The number of aromatic nitrogens is 2. The number of H-pyrrole nitrogens is 1. The summed E-state index contributed by atoms with van der Waals surface area (Å²) in [5.74, 6) is -1.74. The molecule has 0 fully saturated rings. The molecule has 3 N–H and O–H groups in total. The normalized spacial score (nSPS) is 17.4. The minimum absolute atomic E-state index is 0.155. The Labute approximate surface area is 133 Å². The van der Waals surface area contributed by atoms with Gasteiger partial charge in [-0.05, 0) is 11.6 Å². The van der Waals surface area contributed by atoms with Crippen LogP contribution in [0.1, 0.15) is 22.7 Å². The Bertz CT molecular complexity index is 850. The number of nitrogens with zero attached hydrogens (tertiary/aromatic N) is 2. The molecule has 0 spiro atoms. The minimum Gasteiger partial charge on any atom is -0.420 e. The average molecular weight is 341 g/mol. The van der Waals surface area contributed by atoms with Crippen molar-refractivity contribution in [3.63, 3.8) is 0 Å². The third kappa shape index (κ3) is 2.39. The summed E-state index contributed by atoms with van der Waals surface area (Å²) in [7, 11) is 0. The Morgan fingerprint density at radius 1 is 1.35 bits per heavy atom. The highest BCUT2D eigenvalue weighted by atomic mass is 35.5. The van der Waals surface area contributed by atoms with Crippen LogP contribution in [0.2, 0.25) is 5.02 Å². The molecule has 5 nitrogen and oxygen atoms in total. The third-order valence-corrected chi connectivity index (χ3v) is 3.78. The number of nitrogens with one attached hydrogen (secondary N) is 1. The van der Waals surface area contributed by atoms with Crippen LogP contribution in [0.15, 0.2) is 35.7 Å². The van der Waals surface area contributed by atoms with Crippen molar-refractivity contribution in [1.29, 1.82) is 5.26 Å². The van der Waals surface area contributed by atoms with Crippen LogP contribution in [0.3, 0.4) is 0 Å². The number of nitriles is 1. The van der Waals surface area contributed by atoms with Crippen LogP contribution in [0, 0.1) is 11.3 Å². The van der Waals surface area contributed by atoms with Gasteiger partial charge in [0.15, 0.2) is 0 Å². The van der Waals surface area contributed by atoms with Crippen LogP contribution in [-0.2, 0) is 6.18 Å². The van der Waals surface area contributed by atoms with Gasteiger partial charge in [-0.1, -0.05) is 29.8 Å². The molecule has 1 aliphatic rings. The summed E-state index contributed by atoms with van der Waals surface area (Å²) in [6.45, 7) is 0. The molecule has 1 aromatic heterocycles. The molecule has 1 aliphatic heterocycles. The number of hydrogen-bond donors (Lipinski definition) is 2. The van der Waals surface area contributed by atoms with Crippen molar-refractivity contribution < 1.29 is 17.9 Å². The number of hydrogen-bond acceptors (Lipinski definition) is 4. The van der Waals surface area contributed by atoms with E-state index < -0.39 is 17.8 Å². The summed E-state index contributed by atoms with van der Waals surface area (Å²) >= 11 is 6.10. The zero-order chi connectivity index (χ0) is 16.8. The number of ether oxygens (including phenoxy) is 1. The SMILES string of the molecule is N#CC1=C(N)Oc2n[nH]c(C(F)(F)F)c2C1c1ccccc1Cl. The van der Waals surface area contributed by atoms with E-state index >= 15 is 0 Å². The lowest BCUT2D eigenvalue weighted by atomic mass is 9.84. The molecule has 2 heterocycles. The minimum atomic E-state index is -4.70. The van der Waals surface area contributed by atoms with Crippen LogP contribution in [0.4, 0.5) is 13.2 Å². The lowest BCUT2D eigenvalue weighted by Crippen LogP contribution is -2.23. The maximum atomic E-state index is 13.2. The Morgan fingerprint density at radius 2 is 2.04 bits per heavy atom. The first-order valence-corrected chi connectivity index (χ1v) is 6.70. The van der Waals surface area contributed by atoms with Crippen molar-refractivity contribution in [1.82, 2.24) is 10.2 Å². The van der Waals surface area contributed by atoms with Crippen molar-refractivity contribution in [2.75, 3.05) is 0 Å². The number of fused-ring (bicyclic) bond motifs is 1. The molecule has 118 valence electrons. The fourth-order valence-electron chi connectivity index (χ4n) is 2.48. The quantitative estimate of drug-likeness (QED) is 0.833. The molecule has 2 aromatic rings. The van der Waals surface area contributed by atoms with Gasteiger partial charge in [0.2, 0.25) is 11.8 Å². The molecule has 1 atom stereocenters. The molecule has 0 aliphatic carbocycles. The molecule has 0 bridgehead atoms. The first-order chi connectivity index (χ1) is 10.8. The predicted molar refractivity (Wildman–Crippen MR) is 74.3 cm³/mol. The van der Waals surface area contributed by atoms with Crippen molar-refractivity contribution in [3.8, 4) is 11.9 Å². The Morgan fingerprint density at radius 3 is 2.65 bits per heavy atom.